The fourth-order valence-corrected chi connectivity index (χ4v) is 3.47. The molecule has 7 heteroatoms. The van der Waals surface area contributed by atoms with Crippen molar-refractivity contribution >= 4 is 41.0 Å². The third kappa shape index (κ3) is 6.30. The van der Waals surface area contributed by atoms with Crippen LogP contribution in [0.2, 0.25) is 15.1 Å². The molecule has 0 aliphatic heterocycles. The van der Waals surface area contributed by atoms with Crippen LogP contribution in [-0.4, -0.2) is 12.8 Å². The first kappa shape index (κ1) is 22.3. The Morgan fingerprint density at radius 3 is 2.40 bits per heavy atom. The molecule has 0 unspecified atom stereocenters. The Hall–Kier alpha value is -2.40. The molecule has 0 radical (unpaired) electrons. The van der Waals surface area contributed by atoms with E-state index in [-0.39, 0.29) is 0 Å². The standard InChI is InChI=1S/C23H21Cl3N2O2/c1-2-29-23-12-16(13-27-28-14-19-20(25)7-4-8-21(19)26)9-10-22(23)30-15-17-5-3-6-18(24)11-17/h3-13,28H,2,14-15H2,1H3/b27-13-. The van der Waals surface area contributed by atoms with E-state index in [9.17, 15) is 0 Å². The molecule has 3 aromatic carbocycles. The molecule has 30 heavy (non-hydrogen) atoms. The van der Waals surface area contributed by atoms with E-state index in [0.717, 1.165) is 16.7 Å². The van der Waals surface area contributed by atoms with E-state index in [1.165, 1.54) is 0 Å². The summed E-state index contributed by atoms with van der Waals surface area (Å²) < 4.78 is 11.7. The SMILES string of the molecule is CCOc1cc(/C=N\NCc2c(Cl)cccc2Cl)ccc1OCc1cccc(Cl)c1. The van der Waals surface area contributed by atoms with Crippen LogP contribution in [0.3, 0.4) is 0 Å². The number of nitrogens with zero attached hydrogens (tertiary/aromatic N) is 1. The van der Waals surface area contributed by atoms with Crippen LogP contribution in [0.4, 0.5) is 0 Å². The number of rotatable bonds is 9. The smallest absolute Gasteiger partial charge is 0.161 e. The van der Waals surface area contributed by atoms with Gasteiger partial charge < -0.3 is 14.9 Å². The molecular formula is C23H21Cl3N2O2. The monoisotopic (exact) mass is 462 g/mol. The van der Waals surface area contributed by atoms with E-state index >= 15 is 0 Å². The van der Waals surface area contributed by atoms with Gasteiger partial charge in [-0.15, -0.1) is 0 Å². The van der Waals surface area contributed by atoms with Crippen LogP contribution in [0.5, 0.6) is 11.5 Å². The van der Waals surface area contributed by atoms with Crippen molar-refractivity contribution < 1.29 is 9.47 Å². The molecule has 156 valence electrons. The molecule has 0 aliphatic rings. The molecule has 0 atom stereocenters. The van der Waals surface area contributed by atoms with Gasteiger partial charge in [-0.2, -0.15) is 5.10 Å². The van der Waals surface area contributed by atoms with Gasteiger partial charge in [0.15, 0.2) is 11.5 Å². The Bertz CT molecular complexity index is 1000. The summed E-state index contributed by atoms with van der Waals surface area (Å²) in [4.78, 5) is 0. The van der Waals surface area contributed by atoms with Gasteiger partial charge in [0.2, 0.25) is 0 Å². The summed E-state index contributed by atoms with van der Waals surface area (Å²) >= 11 is 18.4. The summed E-state index contributed by atoms with van der Waals surface area (Å²) in [5.74, 6) is 1.31. The molecular weight excluding hydrogens is 443 g/mol. The van der Waals surface area contributed by atoms with Crippen molar-refractivity contribution in [1.82, 2.24) is 5.43 Å². The molecule has 0 fully saturated rings. The van der Waals surface area contributed by atoms with Crippen LogP contribution < -0.4 is 14.9 Å². The lowest BCUT2D eigenvalue weighted by molar-refractivity contribution is 0.269. The maximum atomic E-state index is 6.17. The van der Waals surface area contributed by atoms with E-state index in [1.807, 2.05) is 55.5 Å². The average Bonchev–Trinajstić information content (AvgIpc) is 2.72. The molecule has 3 rings (SSSR count). The Balaban J connectivity index is 1.64. The van der Waals surface area contributed by atoms with Crippen molar-refractivity contribution in [1.29, 1.82) is 0 Å². The van der Waals surface area contributed by atoms with Gasteiger partial charge in [-0.3, -0.25) is 0 Å². The van der Waals surface area contributed by atoms with Gasteiger partial charge >= 0.3 is 0 Å². The van der Waals surface area contributed by atoms with Crippen LogP contribution in [0.25, 0.3) is 0 Å². The number of hydrogen-bond donors (Lipinski definition) is 1. The van der Waals surface area contributed by atoms with Crippen LogP contribution in [0.15, 0.2) is 65.8 Å². The van der Waals surface area contributed by atoms with Gasteiger partial charge in [0, 0.05) is 20.6 Å². The average molecular weight is 464 g/mol. The van der Waals surface area contributed by atoms with E-state index in [1.54, 1.807) is 18.3 Å². The number of halogens is 3. The van der Waals surface area contributed by atoms with Crippen LogP contribution in [0, 0.1) is 0 Å². The van der Waals surface area contributed by atoms with Crippen LogP contribution in [0.1, 0.15) is 23.6 Å². The molecule has 1 N–H and O–H groups in total. The van der Waals surface area contributed by atoms with Crippen molar-refractivity contribution in [2.24, 2.45) is 5.10 Å². The largest absolute Gasteiger partial charge is 0.490 e. The van der Waals surface area contributed by atoms with E-state index in [2.05, 4.69) is 10.5 Å². The second-order valence-corrected chi connectivity index (χ2v) is 7.60. The van der Waals surface area contributed by atoms with E-state index < -0.39 is 0 Å². The van der Waals surface area contributed by atoms with Gasteiger partial charge in [0.1, 0.15) is 6.61 Å². The Kier molecular flexibility index (Phi) is 8.26. The summed E-state index contributed by atoms with van der Waals surface area (Å²) in [6.45, 7) is 3.27. The highest BCUT2D eigenvalue weighted by Crippen LogP contribution is 2.29. The summed E-state index contributed by atoms with van der Waals surface area (Å²) in [5, 5.41) is 6.13. The highest BCUT2D eigenvalue weighted by molar-refractivity contribution is 6.36. The summed E-state index contributed by atoms with van der Waals surface area (Å²) in [5.41, 5.74) is 5.62. The fraction of sp³-hybridized carbons (Fsp3) is 0.174. The second kappa shape index (κ2) is 11.1. The number of ether oxygens (including phenoxy) is 2. The van der Waals surface area contributed by atoms with Crippen LogP contribution >= 0.6 is 34.8 Å². The molecule has 0 spiro atoms. The highest BCUT2D eigenvalue weighted by atomic mass is 35.5. The Morgan fingerprint density at radius 1 is 0.900 bits per heavy atom. The lowest BCUT2D eigenvalue weighted by atomic mass is 10.2. The van der Waals surface area contributed by atoms with Gasteiger partial charge in [-0.1, -0.05) is 53.0 Å². The lowest BCUT2D eigenvalue weighted by Crippen LogP contribution is -2.07. The lowest BCUT2D eigenvalue weighted by Gasteiger charge is -2.13. The number of nitrogens with one attached hydrogen (secondary N) is 1. The summed E-state index contributed by atoms with van der Waals surface area (Å²) in [6.07, 6.45) is 1.70. The molecule has 0 aromatic heterocycles. The molecule has 0 bridgehead atoms. The number of hydrogen-bond acceptors (Lipinski definition) is 4. The van der Waals surface area contributed by atoms with E-state index in [0.29, 0.717) is 46.3 Å². The number of hydrazone groups is 1. The third-order valence-electron chi connectivity index (χ3n) is 4.17. The first-order valence-corrected chi connectivity index (χ1v) is 10.5. The normalized spacial score (nSPS) is 10.9. The third-order valence-corrected chi connectivity index (χ3v) is 5.12. The highest BCUT2D eigenvalue weighted by Gasteiger charge is 2.07. The maximum Gasteiger partial charge on any atom is 0.161 e. The zero-order chi connectivity index (χ0) is 21.3. The van der Waals surface area contributed by atoms with Crippen molar-refractivity contribution in [2.45, 2.75) is 20.1 Å². The first-order chi connectivity index (χ1) is 14.6. The van der Waals surface area contributed by atoms with Gasteiger partial charge in [-0.05, 0) is 60.5 Å². The van der Waals surface area contributed by atoms with Crippen molar-refractivity contribution in [3.05, 3.63) is 92.4 Å². The topological polar surface area (TPSA) is 42.8 Å². The summed E-state index contributed by atoms with van der Waals surface area (Å²) in [7, 11) is 0. The number of benzene rings is 3. The fourth-order valence-electron chi connectivity index (χ4n) is 2.73. The minimum absolute atomic E-state index is 0.397. The zero-order valence-electron chi connectivity index (χ0n) is 16.4. The molecule has 0 saturated carbocycles. The molecule has 0 heterocycles. The quantitative estimate of drug-likeness (QED) is 0.282. The van der Waals surface area contributed by atoms with Crippen molar-refractivity contribution in [2.75, 3.05) is 6.61 Å². The Labute approximate surface area is 191 Å². The molecule has 0 aliphatic carbocycles. The molecule has 0 amide bonds. The van der Waals surface area contributed by atoms with Gasteiger partial charge in [0.25, 0.3) is 0 Å². The van der Waals surface area contributed by atoms with Gasteiger partial charge in [-0.25, -0.2) is 0 Å². The minimum atomic E-state index is 0.397. The summed E-state index contributed by atoms with van der Waals surface area (Å²) in [6, 6.07) is 18.6. The minimum Gasteiger partial charge on any atom is -0.490 e. The second-order valence-electron chi connectivity index (χ2n) is 6.35. The Morgan fingerprint density at radius 2 is 1.67 bits per heavy atom. The molecule has 4 nitrogen and oxygen atoms in total. The van der Waals surface area contributed by atoms with Gasteiger partial charge in [0.05, 0.1) is 19.4 Å². The van der Waals surface area contributed by atoms with Crippen molar-refractivity contribution in [3.63, 3.8) is 0 Å². The zero-order valence-corrected chi connectivity index (χ0v) is 18.6. The first-order valence-electron chi connectivity index (χ1n) is 9.39. The predicted octanol–water partition coefficient (Wildman–Crippen LogP) is 6.75. The molecule has 3 aromatic rings. The maximum absolute atomic E-state index is 6.17. The van der Waals surface area contributed by atoms with Crippen molar-refractivity contribution in [3.8, 4) is 11.5 Å². The molecule has 0 saturated heterocycles. The van der Waals surface area contributed by atoms with E-state index in [4.69, 9.17) is 44.3 Å². The predicted molar refractivity (Wildman–Crippen MR) is 124 cm³/mol. The van der Waals surface area contributed by atoms with Crippen LogP contribution in [-0.2, 0) is 13.2 Å².